The van der Waals surface area contributed by atoms with Gasteiger partial charge in [-0.3, -0.25) is 9.59 Å². The van der Waals surface area contributed by atoms with Gasteiger partial charge in [-0.1, -0.05) is 0 Å². The first kappa shape index (κ1) is 10.1. The number of hydrogen-bond acceptors (Lipinski definition) is 3. The smallest absolute Gasteiger partial charge is 0.303 e. The summed E-state index contributed by atoms with van der Waals surface area (Å²) < 4.78 is 0. The molecule has 64 valence electrons. The molecule has 0 amide bonds. The van der Waals surface area contributed by atoms with Crippen LogP contribution in [0, 0.1) is 5.92 Å². The highest BCUT2D eigenvalue weighted by molar-refractivity contribution is 5.79. The highest BCUT2D eigenvalue weighted by Gasteiger charge is 2.13. The lowest BCUT2D eigenvalue weighted by Crippen LogP contribution is -2.16. The van der Waals surface area contributed by atoms with Crippen LogP contribution in [-0.4, -0.2) is 28.6 Å². The van der Waals surface area contributed by atoms with Crippen LogP contribution < -0.4 is 0 Å². The number of carboxylic acids is 1. The predicted molar refractivity (Wildman–Crippen MR) is 38.1 cm³/mol. The van der Waals surface area contributed by atoms with Crippen molar-refractivity contribution < 1.29 is 19.8 Å². The van der Waals surface area contributed by atoms with Gasteiger partial charge in [0.2, 0.25) is 0 Å². The fourth-order valence-corrected chi connectivity index (χ4v) is 0.721. The number of carbonyl (C=O) groups excluding carboxylic acids is 1. The van der Waals surface area contributed by atoms with Crippen LogP contribution in [0.3, 0.4) is 0 Å². The van der Waals surface area contributed by atoms with Gasteiger partial charge in [-0.25, -0.2) is 0 Å². The third-order valence-corrected chi connectivity index (χ3v) is 1.50. The summed E-state index contributed by atoms with van der Waals surface area (Å²) >= 11 is 0. The SMILES string of the molecule is CC(=O)C(CO)CCC(=O)O. The molecular formula is C7H12O4. The molecule has 0 aromatic heterocycles. The van der Waals surface area contributed by atoms with Gasteiger partial charge in [0.25, 0.3) is 0 Å². The van der Waals surface area contributed by atoms with Crippen molar-refractivity contribution in [1.29, 1.82) is 0 Å². The molecule has 0 aliphatic heterocycles. The first-order valence-electron chi connectivity index (χ1n) is 3.41. The van der Waals surface area contributed by atoms with E-state index in [1.54, 1.807) is 0 Å². The lowest BCUT2D eigenvalue weighted by Gasteiger charge is -2.06. The Morgan fingerprint density at radius 3 is 2.27 bits per heavy atom. The molecule has 1 atom stereocenters. The average Bonchev–Trinajstić information content (AvgIpc) is 1.87. The summed E-state index contributed by atoms with van der Waals surface area (Å²) in [5.41, 5.74) is 0. The van der Waals surface area contributed by atoms with Crippen molar-refractivity contribution in [3.8, 4) is 0 Å². The molecule has 0 rings (SSSR count). The molecule has 4 nitrogen and oxygen atoms in total. The molecule has 0 fully saturated rings. The zero-order valence-corrected chi connectivity index (χ0v) is 6.41. The molecule has 0 aromatic carbocycles. The van der Waals surface area contributed by atoms with E-state index in [1.165, 1.54) is 6.92 Å². The van der Waals surface area contributed by atoms with Gasteiger partial charge in [0.05, 0.1) is 6.61 Å². The van der Waals surface area contributed by atoms with Gasteiger partial charge >= 0.3 is 5.97 Å². The van der Waals surface area contributed by atoms with Crippen LogP contribution in [0.15, 0.2) is 0 Å². The van der Waals surface area contributed by atoms with Gasteiger partial charge in [0.1, 0.15) is 5.78 Å². The Bertz CT molecular complexity index is 153. The number of ketones is 1. The van der Waals surface area contributed by atoms with Crippen LogP contribution in [0.2, 0.25) is 0 Å². The third-order valence-electron chi connectivity index (χ3n) is 1.50. The molecular weight excluding hydrogens is 148 g/mol. The van der Waals surface area contributed by atoms with Crippen LogP contribution >= 0.6 is 0 Å². The molecule has 0 spiro atoms. The van der Waals surface area contributed by atoms with E-state index in [0.29, 0.717) is 0 Å². The molecule has 0 radical (unpaired) electrons. The van der Waals surface area contributed by atoms with Crippen LogP contribution in [0.1, 0.15) is 19.8 Å². The molecule has 0 saturated carbocycles. The zero-order chi connectivity index (χ0) is 8.85. The Morgan fingerprint density at radius 2 is 2.00 bits per heavy atom. The maximum atomic E-state index is 10.6. The van der Waals surface area contributed by atoms with E-state index in [9.17, 15) is 9.59 Å². The number of aliphatic hydroxyl groups is 1. The molecule has 11 heavy (non-hydrogen) atoms. The van der Waals surface area contributed by atoms with E-state index in [4.69, 9.17) is 10.2 Å². The van der Waals surface area contributed by atoms with Crippen molar-refractivity contribution in [3.05, 3.63) is 0 Å². The van der Waals surface area contributed by atoms with Crippen molar-refractivity contribution >= 4 is 11.8 Å². The normalized spacial score (nSPS) is 12.5. The first-order chi connectivity index (χ1) is 5.07. The highest BCUT2D eigenvalue weighted by atomic mass is 16.4. The van der Waals surface area contributed by atoms with Gasteiger partial charge in [-0.15, -0.1) is 0 Å². The molecule has 4 heteroatoms. The van der Waals surface area contributed by atoms with Crippen molar-refractivity contribution in [3.63, 3.8) is 0 Å². The van der Waals surface area contributed by atoms with Crippen LogP contribution in [0.5, 0.6) is 0 Å². The fraction of sp³-hybridized carbons (Fsp3) is 0.714. The number of carboxylic acid groups (broad SMARTS) is 1. The molecule has 0 aliphatic carbocycles. The molecule has 0 saturated heterocycles. The lowest BCUT2D eigenvalue weighted by atomic mass is 10.0. The Hall–Kier alpha value is -0.900. The molecule has 2 N–H and O–H groups in total. The van der Waals surface area contributed by atoms with E-state index in [-0.39, 0.29) is 25.2 Å². The van der Waals surface area contributed by atoms with Gasteiger partial charge in [-0.05, 0) is 13.3 Å². The Labute approximate surface area is 64.8 Å². The summed E-state index contributed by atoms with van der Waals surface area (Å²) in [5.74, 6) is -1.61. The quantitative estimate of drug-likeness (QED) is 0.595. The Morgan fingerprint density at radius 1 is 1.45 bits per heavy atom. The minimum Gasteiger partial charge on any atom is -0.481 e. The topological polar surface area (TPSA) is 74.6 Å². The van der Waals surface area contributed by atoms with Crippen LogP contribution in [0.25, 0.3) is 0 Å². The maximum absolute atomic E-state index is 10.6. The second-order valence-corrected chi connectivity index (χ2v) is 2.42. The number of aliphatic hydroxyl groups excluding tert-OH is 1. The molecule has 1 unspecified atom stereocenters. The van der Waals surface area contributed by atoms with Crippen LogP contribution in [0.4, 0.5) is 0 Å². The van der Waals surface area contributed by atoms with Crippen molar-refractivity contribution in [1.82, 2.24) is 0 Å². The summed E-state index contributed by atoms with van der Waals surface area (Å²) in [5, 5.41) is 16.8. The van der Waals surface area contributed by atoms with Crippen molar-refractivity contribution in [2.24, 2.45) is 5.92 Å². The monoisotopic (exact) mass is 160 g/mol. The third kappa shape index (κ3) is 4.50. The summed E-state index contributed by atoms with van der Waals surface area (Å²) in [6.45, 7) is 1.09. The van der Waals surface area contributed by atoms with E-state index in [2.05, 4.69) is 0 Å². The molecule has 0 aliphatic rings. The summed E-state index contributed by atoms with van der Waals surface area (Å²) in [4.78, 5) is 20.7. The minimum atomic E-state index is -0.940. The molecule has 0 aromatic rings. The first-order valence-corrected chi connectivity index (χ1v) is 3.41. The number of aliphatic carboxylic acids is 1. The lowest BCUT2D eigenvalue weighted by molar-refractivity contribution is -0.137. The van der Waals surface area contributed by atoms with E-state index in [0.717, 1.165) is 0 Å². The largest absolute Gasteiger partial charge is 0.481 e. The maximum Gasteiger partial charge on any atom is 0.303 e. The second-order valence-electron chi connectivity index (χ2n) is 2.42. The van der Waals surface area contributed by atoms with E-state index >= 15 is 0 Å². The van der Waals surface area contributed by atoms with Gasteiger partial charge < -0.3 is 10.2 Å². The number of Topliss-reactive ketones (excluding diaryl/α,β-unsaturated/α-hetero) is 1. The summed E-state index contributed by atoms with van der Waals surface area (Å²) in [6.07, 6.45) is 0.159. The standard InChI is InChI=1S/C7H12O4/c1-5(9)6(4-8)2-3-7(10)11/h6,8H,2-4H2,1H3,(H,10,11). The molecule has 0 heterocycles. The van der Waals surface area contributed by atoms with Gasteiger partial charge in [0, 0.05) is 12.3 Å². The Balaban J connectivity index is 3.70. The molecule has 0 bridgehead atoms. The second kappa shape index (κ2) is 4.85. The van der Waals surface area contributed by atoms with Crippen molar-refractivity contribution in [2.75, 3.05) is 6.61 Å². The van der Waals surface area contributed by atoms with Crippen LogP contribution in [-0.2, 0) is 9.59 Å². The van der Waals surface area contributed by atoms with E-state index in [1.807, 2.05) is 0 Å². The minimum absolute atomic E-state index is 0.0647. The predicted octanol–water partition coefficient (Wildman–Crippen LogP) is 0.0487. The summed E-state index contributed by atoms with van der Waals surface area (Å²) in [7, 11) is 0. The summed E-state index contributed by atoms with van der Waals surface area (Å²) in [6, 6.07) is 0. The van der Waals surface area contributed by atoms with Gasteiger partial charge in [0.15, 0.2) is 0 Å². The fourth-order valence-electron chi connectivity index (χ4n) is 0.721. The van der Waals surface area contributed by atoms with E-state index < -0.39 is 11.9 Å². The number of hydrogen-bond donors (Lipinski definition) is 2. The number of rotatable bonds is 5. The highest BCUT2D eigenvalue weighted by Crippen LogP contribution is 2.06. The Kier molecular flexibility index (Phi) is 4.45. The average molecular weight is 160 g/mol. The number of carbonyl (C=O) groups is 2. The van der Waals surface area contributed by atoms with Gasteiger partial charge in [-0.2, -0.15) is 0 Å². The zero-order valence-electron chi connectivity index (χ0n) is 6.41. The van der Waals surface area contributed by atoms with Crippen molar-refractivity contribution in [2.45, 2.75) is 19.8 Å².